The van der Waals surface area contributed by atoms with E-state index in [-0.39, 0.29) is 15.2 Å². The molecule has 0 aliphatic carbocycles. The second-order valence-electron chi connectivity index (χ2n) is 5.22. The number of nitriles is 1. The zero-order valence-electron chi connectivity index (χ0n) is 13.0. The first-order valence-corrected chi connectivity index (χ1v) is 8.61. The van der Waals surface area contributed by atoms with Crippen molar-refractivity contribution in [3.8, 4) is 17.3 Å². The van der Waals surface area contributed by atoms with Crippen molar-refractivity contribution in [1.82, 2.24) is 9.29 Å². The van der Waals surface area contributed by atoms with Gasteiger partial charge in [-0.3, -0.25) is 0 Å². The van der Waals surface area contributed by atoms with Crippen molar-refractivity contribution in [2.24, 2.45) is 0 Å². The molecule has 0 aliphatic rings. The van der Waals surface area contributed by atoms with Crippen molar-refractivity contribution in [2.45, 2.75) is 11.1 Å². The van der Waals surface area contributed by atoms with Gasteiger partial charge in [-0.2, -0.15) is 18.4 Å². The number of halogens is 3. The number of H-pyrrole nitrogens is 1. The van der Waals surface area contributed by atoms with Crippen molar-refractivity contribution in [1.29, 1.82) is 5.26 Å². The highest BCUT2D eigenvalue weighted by Gasteiger charge is 2.35. The van der Waals surface area contributed by atoms with Gasteiger partial charge in [0, 0.05) is 19.8 Å². The molecule has 1 aromatic carbocycles. The van der Waals surface area contributed by atoms with Crippen LogP contribution in [0.1, 0.15) is 11.1 Å². The van der Waals surface area contributed by atoms with Crippen molar-refractivity contribution in [3.05, 3.63) is 46.1 Å². The van der Waals surface area contributed by atoms with Crippen LogP contribution in [0.15, 0.2) is 35.2 Å². The third kappa shape index (κ3) is 3.73. The van der Waals surface area contributed by atoms with E-state index < -0.39 is 27.3 Å². The first kappa shape index (κ1) is 19.1. The smallest absolute Gasteiger partial charge is 0.345 e. The molecule has 2 rings (SSSR count). The summed E-state index contributed by atoms with van der Waals surface area (Å²) in [6.45, 7) is 0. The molecule has 132 valence electrons. The average molecular weight is 387 g/mol. The Morgan fingerprint density at radius 3 is 2.20 bits per heavy atom. The minimum absolute atomic E-state index is 0.00420. The minimum atomic E-state index is -4.74. The molecular formula is C15H12F3N3O2S2. The summed E-state index contributed by atoms with van der Waals surface area (Å²) >= 11 is 4.83. The molecule has 0 atom stereocenters. The Bertz CT molecular complexity index is 1000. The monoisotopic (exact) mass is 387 g/mol. The molecule has 0 saturated heterocycles. The van der Waals surface area contributed by atoms with Gasteiger partial charge < -0.3 is 4.98 Å². The van der Waals surface area contributed by atoms with Crippen LogP contribution in [0.25, 0.3) is 11.3 Å². The van der Waals surface area contributed by atoms with Crippen LogP contribution in [0.4, 0.5) is 13.2 Å². The van der Waals surface area contributed by atoms with Gasteiger partial charge in [-0.05, 0) is 23.8 Å². The molecule has 0 bridgehead atoms. The van der Waals surface area contributed by atoms with Gasteiger partial charge in [0.25, 0.3) is 0 Å². The summed E-state index contributed by atoms with van der Waals surface area (Å²) in [6.07, 6.45) is -4.74. The standard InChI is InChI=1S/C15H12F3N3O2S2/c1-21(2)25(22,23)10-5-3-9(4-6-10)13-7-12(15(16,17)18)11(8-19)14(24)20-13/h3-7H,1-2H3,(H,20,24). The largest absolute Gasteiger partial charge is 0.417 e. The highest BCUT2D eigenvalue weighted by atomic mass is 32.2. The van der Waals surface area contributed by atoms with Gasteiger partial charge in [-0.1, -0.05) is 24.4 Å². The molecule has 1 heterocycles. The van der Waals surface area contributed by atoms with E-state index in [0.717, 1.165) is 10.4 Å². The fourth-order valence-corrected chi connectivity index (χ4v) is 3.23. The number of alkyl halides is 3. The zero-order valence-corrected chi connectivity index (χ0v) is 14.7. The van der Waals surface area contributed by atoms with Crippen molar-refractivity contribution >= 4 is 22.2 Å². The molecule has 0 saturated carbocycles. The lowest BCUT2D eigenvalue weighted by Crippen LogP contribution is -2.22. The van der Waals surface area contributed by atoms with E-state index in [0.29, 0.717) is 5.56 Å². The number of hydrogen-bond donors (Lipinski definition) is 1. The Kier molecular flexibility index (Phi) is 5.04. The first-order valence-electron chi connectivity index (χ1n) is 6.76. The number of aromatic amines is 1. The lowest BCUT2D eigenvalue weighted by Gasteiger charge is -2.13. The lowest BCUT2D eigenvalue weighted by molar-refractivity contribution is -0.137. The Labute approximate surface area is 147 Å². The average Bonchev–Trinajstić information content (AvgIpc) is 2.53. The third-order valence-corrected chi connectivity index (χ3v) is 5.53. The Balaban J connectivity index is 2.59. The number of aromatic nitrogens is 1. The molecule has 25 heavy (non-hydrogen) atoms. The normalized spacial score (nSPS) is 12.2. The second-order valence-corrected chi connectivity index (χ2v) is 7.78. The molecule has 5 nitrogen and oxygen atoms in total. The highest BCUT2D eigenvalue weighted by molar-refractivity contribution is 7.89. The summed E-state index contributed by atoms with van der Waals surface area (Å²) < 4.78 is 64.1. The number of nitrogens with one attached hydrogen (secondary N) is 1. The van der Waals surface area contributed by atoms with E-state index in [1.807, 2.05) is 0 Å². The van der Waals surface area contributed by atoms with Gasteiger partial charge in [0.2, 0.25) is 10.0 Å². The van der Waals surface area contributed by atoms with Crippen LogP contribution in [0.3, 0.4) is 0 Å². The number of rotatable bonds is 3. The summed E-state index contributed by atoms with van der Waals surface area (Å²) in [6, 6.07) is 7.53. The number of pyridine rings is 1. The molecule has 0 fully saturated rings. The summed E-state index contributed by atoms with van der Waals surface area (Å²) in [5, 5.41) is 8.89. The summed E-state index contributed by atoms with van der Waals surface area (Å²) in [5.41, 5.74) is -1.46. The van der Waals surface area contributed by atoms with Crippen LogP contribution in [-0.4, -0.2) is 31.8 Å². The lowest BCUT2D eigenvalue weighted by atomic mass is 10.1. The quantitative estimate of drug-likeness (QED) is 0.817. The van der Waals surface area contributed by atoms with Crippen LogP contribution in [0.5, 0.6) is 0 Å². The number of benzene rings is 1. The molecular weight excluding hydrogens is 375 g/mol. The Hall–Kier alpha value is -2.22. The molecule has 0 unspecified atom stereocenters. The molecule has 10 heteroatoms. The second kappa shape index (κ2) is 6.59. The minimum Gasteiger partial charge on any atom is -0.345 e. The zero-order chi connectivity index (χ0) is 19.0. The molecule has 0 radical (unpaired) electrons. The summed E-state index contributed by atoms with van der Waals surface area (Å²) in [5.74, 6) is 0. The van der Waals surface area contributed by atoms with Gasteiger partial charge in [-0.25, -0.2) is 12.7 Å². The summed E-state index contributed by atoms with van der Waals surface area (Å²) in [4.78, 5) is 2.57. The predicted molar refractivity (Wildman–Crippen MR) is 87.7 cm³/mol. The maximum atomic E-state index is 13.1. The topological polar surface area (TPSA) is 77.0 Å². The van der Waals surface area contributed by atoms with Crippen molar-refractivity contribution < 1.29 is 21.6 Å². The molecule has 1 N–H and O–H groups in total. The molecule has 1 aromatic heterocycles. The van der Waals surface area contributed by atoms with Crippen LogP contribution in [0, 0.1) is 16.0 Å². The van der Waals surface area contributed by atoms with Crippen LogP contribution >= 0.6 is 12.2 Å². The van der Waals surface area contributed by atoms with Crippen LogP contribution < -0.4 is 0 Å². The van der Waals surface area contributed by atoms with Crippen molar-refractivity contribution in [2.75, 3.05) is 14.1 Å². The van der Waals surface area contributed by atoms with Crippen LogP contribution in [0.2, 0.25) is 0 Å². The van der Waals surface area contributed by atoms with Crippen molar-refractivity contribution in [3.63, 3.8) is 0 Å². The van der Waals surface area contributed by atoms with Gasteiger partial charge in [0.15, 0.2) is 0 Å². The Morgan fingerprint density at radius 2 is 1.76 bits per heavy atom. The maximum absolute atomic E-state index is 13.1. The fourth-order valence-electron chi connectivity index (χ4n) is 2.07. The molecule has 0 spiro atoms. The maximum Gasteiger partial charge on any atom is 0.417 e. The van der Waals surface area contributed by atoms with Gasteiger partial charge >= 0.3 is 6.18 Å². The summed E-state index contributed by atoms with van der Waals surface area (Å²) in [7, 11) is -0.903. The third-order valence-electron chi connectivity index (χ3n) is 3.39. The van der Waals surface area contributed by atoms with Crippen LogP contribution in [-0.2, 0) is 16.2 Å². The van der Waals surface area contributed by atoms with E-state index in [1.165, 1.54) is 44.4 Å². The van der Waals surface area contributed by atoms with Gasteiger partial charge in [0.05, 0.1) is 16.0 Å². The predicted octanol–water partition coefficient (Wildman–Crippen LogP) is 3.55. The SMILES string of the molecule is CN(C)S(=O)(=O)c1ccc(-c2cc(C(F)(F)F)c(C#N)c(=S)[nH]2)cc1. The van der Waals surface area contributed by atoms with E-state index in [4.69, 9.17) is 17.5 Å². The van der Waals surface area contributed by atoms with Gasteiger partial charge in [0.1, 0.15) is 10.7 Å². The molecule has 0 amide bonds. The highest BCUT2D eigenvalue weighted by Crippen LogP contribution is 2.34. The van der Waals surface area contributed by atoms with E-state index >= 15 is 0 Å². The number of hydrogen-bond acceptors (Lipinski definition) is 4. The van der Waals surface area contributed by atoms with E-state index in [2.05, 4.69) is 4.98 Å². The number of sulfonamides is 1. The van der Waals surface area contributed by atoms with E-state index in [9.17, 15) is 21.6 Å². The van der Waals surface area contributed by atoms with Gasteiger partial charge in [-0.15, -0.1) is 0 Å². The molecule has 2 aromatic rings. The fraction of sp³-hybridized carbons (Fsp3) is 0.200. The van der Waals surface area contributed by atoms with E-state index in [1.54, 1.807) is 0 Å². The number of nitrogens with zero attached hydrogens (tertiary/aromatic N) is 2. The first-order chi connectivity index (χ1) is 11.5. The Morgan fingerprint density at radius 1 is 1.20 bits per heavy atom. The molecule has 0 aliphatic heterocycles.